The van der Waals surface area contributed by atoms with E-state index in [1.165, 1.54) is 0 Å². The number of carbonyl (C=O) groups is 2. The molecule has 2 saturated heterocycles. The number of fused-ring (bicyclic) bond motifs is 2. The third kappa shape index (κ3) is 3.51. The Hall–Kier alpha value is -1.10. The van der Waals surface area contributed by atoms with E-state index in [1.54, 1.807) is 4.90 Å². The Morgan fingerprint density at radius 1 is 1.20 bits per heavy atom. The zero-order valence-electron chi connectivity index (χ0n) is 13.0. The largest absolute Gasteiger partial charge is 0.444 e. The molecule has 0 unspecified atom stereocenters. The van der Waals surface area contributed by atoms with Gasteiger partial charge >= 0.3 is 6.09 Å². The molecular weight excluding hydrogens is 256 g/mol. The number of nitrogens with zero attached hydrogens (tertiary/aromatic N) is 2. The van der Waals surface area contributed by atoms with E-state index < -0.39 is 5.60 Å². The first-order chi connectivity index (χ1) is 9.30. The standard InChI is InChI=1S/C15H26N2O3/c1-5-6-16-7-11-9-17(10-12(8-16)13(11)18)14(19)20-15(2,3)4/h11-12H,5-10H2,1-4H3/t11-,12-/m1/s1. The zero-order chi connectivity index (χ0) is 14.9. The van der Waals surface area contributed by atoms with Crippen LogP contribution in [0.1, 0.15) is 34.1 Å². The summed E-state index contributed by atoms with van der Waals surface area (Å²) in [5, 5.41) is 0. The van der Waals surface area contributed by atoms with Crippen molar-refractivity contribution in [3.63, 3.8) is 0 Å². The molecule has 0 saturated carbocycles. The van der Waals surface area contributed by atoms with Crippen molar-refractivity contribution in [1.82, 2.24) is 9.80 Å². The fraction of sp³-hybridized carbons (Fsp3) is 0.867. The molecule has 0 aliphatic carbocycles. The van der Waals surface area contributed by atoms with E-state index in [2.05, 4.69) is 11.8 Å². The van der Waals surface area contributed by atoms with E-state index in [4.69, 9.17) is 4.74 Å². The van der Waals surface area contributed by atoms with Crippen LogP contribution in [0.15, 0.2) is 0 Å². The SMILES string of the molecule is CCCN1C[C@@H]2CN(C(=O)OC(C)(C)C)C[C@@H](C1)C2=O. The number of Topliss-reactive ketones (excluding diaryl/α,β-unsaturated/α-hetero) is 1. The molecule has 0 aromatic carbocycles. The van der Waals surface area contributed by atoms with Gasteiger partial charge in [0.05, 0.1) is 0 Å². The molecule has 2 atom stereocenters. The molecule has 1 amide bonds. The lowest BCUT2D eigenvalue weighted by Crippen LogP contribution is -2.59. The molecule has 2 fully saturated rings. The highest BCUT2D eigenvalue weighted by atomic mass is 16.6. The van der Waals surface area contributed by atoms with Crippen LogP contribution < -0.4 is 0 Å². The van der Waals surface area contributed by atoms with E-state index in [0.29, 0.717) is 18.9 Å². The van der Waals surface area contributed by atoms with Crippen LogP contribution in [0.25, 0.3) is 0 Å². The predicted molar refractivity (Wildman–Crippen MR) is 76.5 cm³/mol. The Balaban J connectivity index is 1.99. The highest BCUT2D eigenvalue weighted by Crippen LogP contribution is 2.26. The Morgan fingerprint density at radius 2 is 1.75 bits per heavy atom. The van der Waals surface area contributed by atoms with E-state index >= 15 is 0 Å². The smallest absolute Gasteiger partial charge is 0.410 e. The summed E-state index contributed by atoms with van der Waals surface area (Å²) in [6, 6.07) is 0. The average Bonchev–Trinajstić information content (AvgIpc) is 2.28. The maximum Gasteiger partial charge on any atom is 0.410 e. The molecule has 2 aliphatic rings. The molecule has 0 radical (unpaired) electrons. The van der Waals surface area contributed by atoms with E-state index in [0.717, 1.165) is 26.1 Å². The monoisotopic (exact) mass is 282 g/mol. The van der Waals surface area contributed by atoms with Gasteiger partial charge in [-0.25, -0.2) is 4.79 Å². The lowest BCUT2D eigenvalue weighted by Gasteiger charge is -2.44. The van der Waals surface area contributed by atoms with Crippen molar-refractivity contribution in [2.75, 3.05) is 32.7 Å². The second-order valence-corrected chi connectivity index (χ2v) is 6.94. The highest BCUT2D eigenvalue weighted by Gasteiger charge is 2.43. The molecule has 20 heavy (non-hydrogen) atoms. The van der Waals surface area contributed by atoms with Crippen LogP contribution in [-0.2, 0) is 9.53 Å². The first-order valence-electron chi connectivity index (χ1n) is 7.54. The molecule has 2 bridgehead atoms. The molecular formula is C15H26N2O3. The van der Waals surface area contributed by atoms with Gasteiger partial charge in [0.15, 0.2) is 0 Å². The summed E-state index contributed by atoms with van der Waals surface area (Å²) in [5.74, 6) is 0.250. The van der Waals surface area contributed by atoms with Crippen molar-refractivity contribution in [3.05, 3.63) is 0 Å². The first-order valence-corrected chi connectivity index (χ1v) is 7.54. The number of likely N-dealkylation sites (tertiary alicyclic amines) is 2. The van der Waals surface area contributed by atoms with Gasteiger partial charge in [-0.15, -0.1) is 0 Å². The molecule has 2 rings (SSSR count). The second-order valence-electron chi connectivity index (χ2n) is 6.94. The maximum absolute atomic E-state index is 12.2. The fourth-order valence-electron chi connectivity index (χ4n) is 3.09. The van der Waals surface area contributed by atoms with Crippen LogP contribution in [0.3, 0.4) is 0 Å². The van der Waals surface area contributed by atoms with Gasteiger partial charge in [-0.2, -0.15) is 0 Å². The molecule has 2 heterocycles. The zero-order valence-corrected chi connectivity index (χ0v) is 13.0. The van der Waals surface area contributed by atoms with E-state index in [-0.39, 0.29) is 17.9 Å². The van der Waals surface area contributed by atoms with Gasteiger partial charge in [0.2, 0.25) is 0 Å². The van der Waals surface area contributed by atoms with Crippen LogP contribution in [0.4, 0.5) is 4.79 Å². The van der Waals surface area contributed by atoms with Crippen LogP contribution in [0.2, 0.25) is 0 Å². The third-order valence-electron chi connectivity index (χ3n) is 3.83. The molecule has 5 heteroatoms. The first kappa shape index (κ1) is 15.3. The van der Waals surface area contributed by atoms with Crippen molar-refractivity contribution in [3.8, 4) is 0 Å². The topological polar surface area (TPSA) is 49.9 Å². The van der Waals surface area contributed by atoms with Crippen molar-refractivity contribution in [2.24, 2.45) is 11.8 Å². The van der Waals surface area contributed by atoms with Crippen molar-refractivity contribution >= 4 is 11.9 Å². The van der Waals surface area contributed by atoms with Gasteiger partial charge in [0, 0.05) is 38.0 Å². The van der Waals surface area contributed by atoms with Crippen LogP contribution >= 0.6 is 0 Å². The maximum atomic E-state index is 12.2. The Labute approximate surface area is 121 Å². The van der Waals surface area contributed by atoms with Gasteiger partial charge in [0.25, 0.3) is 0 Å². The summed E-state index contributed by atoms with van der Waals surface area (Å²) in [7, 11) is 0. The van der Waals surface area contributed by atoms with Gasteiger partial charge < -0.3 is 14.5 Å². The number of amides is 1. The third-order valence-corrected chi connectivity index (χ3v) is 3.83. The van der Waals surface area contributed by atoms with Gasteiger partial charge in [-0.1, -0.05) is 6.92 Å². The number of rotatable bonds is 2. The number of piperidine rings is 2. The summed E-state index contributed by atoms with van der Waals surface area (Å²) in [6.07, 6.45) is 0.813. The Bertz CT molecular complexity index is 371. The minimum absolute atomic E-state index is 0.0402. The van der Waals surface area contributed by atoms with E-state index in [1.807, 2.05) is 20.8 Å². The molecule has 0 spiro atoms. The summed E-state index contributed by atoms with van der Waals surface area (Å²) in [6.45, 7) is 11.4. The number of hydrogen-bond acceptors (Lipinski definition) is 4. The van der Waals surface area contributed by atoms with Crippen molar-refractivity contribution in [2.45, 2.75) is 39.7 Å². The molecule has 0 N–H and O–H groups in total. The van der Waals surface area contributed by atoms with Crippen LogP contribution in [-0.4, -0.2) is 60.0 Å². The van der Waals surface area contributed by atoms with Crippen molar-refractivity contribution < 1.29 is 14.3 Å². The summed E-state index contributed by atoms with van der Waals surface area (Å²) >= 11 is 0. The van der Waals surface area contributed by atoms with Crippen molar-refractivity contribution in [1.29, 1.82) is 0 Å². The number of hydrogen-bond donors (Lipinski definition) is 0. The summed E-state index contributed by atoms with van der Waals surface area (Å²) in [5.41, 5.74) is -0.484. The molecule has 0 aromatic heterocycles. The predicted octanol–water partition coefficient (Wildman–Crippen LogP) is 1.76. The minimum Gasteiger partial charge on any atom is -0.444 e. The Kier molecular flexibility index (Phi) is 4.37. The van der Waals surface area contributed by atoms with Crippen LogP contribution in [0.5, 0.6) is 0 Å². The quantitative estimate of drug-likeness (QED) is 0.774. The summed E-state index contributed by atoms with van der Waals surface area (Å²) in [4.78, 5) is 28.4. The van der Waals surface area contributed by atoms with Gasteiger partial charge in [-0.3, -0.25) is 4.79 Å². The van der Waals surface area contributed by atoms with Gasteiger partial charge in [0.1, 0.15) is 11.4 Å². The van der Waals surface area contributed by atoms with Gasteiger partial charge in [-0.05, 0) is 33.7 Å². The molecule has 5 nitrogen and oxygen atoms in total. The minimum atomic E-state index is -0.484. The lowest BCUT2D eigenvalue weighted by molar-refractivity contribution is -0.136. The molecule has 0 aromatic rings. The lowest BCUT2D eigenvalue weighted by atomic mass is 9.83. The Morgan fingerprint density at radius 3 is 2.20 bits per heavy atom. The normalized spacial score (nSPS) is 27.6. The van der Waals surface area contributed by atoms with Crippen LogP contribution in [0, 0.1) is 11.8 Å². The summed E-state index contributed by atoms with van der Waals surface area (Å²) < 4.78 is 5.41. The highest BCUT2D eigenvalue weighted by molar-refractivity contribution is 5.87. The molecule has 114 valence electrons. The number of ketones is 1. The molecule has 2 aliphatic heterocycles. The average molecular weight is 282 g/mol. The second kappa shape index (κ2) is 5.72. The number of carbonyl (C=O) groups excluding carboxylic acids is 2. The number of ether oxygens (including phenoxy) is 1. The fourth-order valence-corrected chi connectivity index (χ4v) is 3.09. The van der Waals surface area contributed by atoms with E-state index in [9.17, 15) is 9.59 Å².